The fourth-order valence-electron chi connectivity index (χ4n) is 3.78. The maximum absolute atomic E-state index is 12.8. The van der Waals surface area contributed by atoms with Crippen molar-refractivity contribution >= 4 is 17.8 Å². The monoisotopic (exact) mass is 348 g/mol. The third-order valence-electron chi connectivity index (χ3n) is 5.18. The highest BCUT2D eigenvalue weighted by molar-refractivity contribution is 7.99. The maximum atomic E-state index is 12.8. The van der Waals surface area contributed by atoms with Crippen LogP contribution >= 0.6 is 11.8 Å². The third kappa shape index (κ3) is 4.25. The first-order valence-electron chi connectivity index (χ1n) is 9.10. The molecule has 1 aromatic rings. The summed E-state index contributed by atoms with van der Waals surface area (Å²) < 4.78 is 0. The Balaban J connectivity index is 1.64. The summed E-state index contributed by atoms with van der Waals surface area (Å²) in [5, 5.41) is 12.4. The maximum Gasteiger partial charge on any atom is 0.317 e. The molecule has 2 N–H and O–H groups in total. The SMILES string of the molecule is O=C(NCC1CCSCC1)N(CCCO)[C@@H]1CCc2ccccc21. The zero-order valence-electron chi connectivity index (χ0n) is 14.2. The van der Waals surface area contributed by atoms with Crippen molar-refractivity contribution in [3.63, 3.8) is 0 Å². The van der Waals surface area contributed by atoms with Crippen LogP contribution in [0.4, 0.5) is 4.79 Å². The van der Waals surface area contributed by atoms with Gasteiger partial charge in [0.05, 0.1) is 6.04 Å². The van der Waals surface area contributed by atoms with Crippen LogP contribution in [0.2, 0.25) is 0 Å². The first-order valence-corrected chi connectivity index (χ1v) is 10.3. The summed E-state index contributed by atoms with van der Waals surface area (Å²) in [5.41, 5.74) is 2.63. The van der Waals surface area contributed by atoms with Gasteiger partial charge in [0.25, 0.3) is 0 Å². The summed E-state index contributed by atoms with van der Waals surface area (Å²) in [4.78, 5) is 14.8. The molecule has 132 valence electrons. The molecule has 1 fully saturated rings. The Morgan fingerprint density at radius 3 is 2.83 bits per heavy atom. The number of nitrogens with zero attached hydrogens (tertiary/aromatic N) is 1. The van der Waals surface area contributed by atoms with Crippen molar-refractivity contribution in [1.82, 2.24) is 10.2 Å². The van der Waals surface area contributed by atoms with Crippen LogP contribution in [0, 0.1) is 5.92 Å². The van der Waals surface area contributed by atoms with E-state index in [-0.39, 0.29) is 18.7 Å². The van der Waals surface area contributed by atoms with E-state index in [1.54, 1.807) is 0 Å². The Morgan fingerprint density at radius 1 is 1.25 bits per heavy atom. The van der Waals surface area contributed by atoms with Gasteiger partial charge in [0.15, 0.2) is 0 Å². The van der Waals surface area contributed by atoms with Crippen molar-refractivity contribution in [1.29, 1.82) is 0 Å². The van der Waals surface area contributed by atoms with Crippen LogP contribution in [-0.4, -0.2) is 47.2 Å². The number of amides is 2. The first kappa shape index (κ1) is 17.6. The summed E-state index contributed by atoms with van der Waals surface area (Å²) in [6, 6.07) is 8.61. The minimum atomic E-state index is 0.0309. The van der Waals surface area contributed by atoms with Crippen LogP contribution in [0.25, 0.3) is 0 Å². The Labute approximate surface area is 149 Å². The Kier molecular flexibility index (Phi) is 6.44. The number of carbonyl (C=O) groups is 1. The van der Waals surface area contributed by atoms with Gasteiger partial charge in [0, 0.05) is 19.7 Å². The van der Waals surface area contributed by atoms with Crippen LogP contribution in [0.15, 0.2) is 24.3 Å². The van der Waals surface area contributed by atoms with Gasteiger partial charge in [0.1, 0.15) is 0 Å². The van der Waals surface area contributed by atoms with Crippen molar-refractivity contribution in [2.24, 2.45) is 5.92 Å². The molecule has 1 aliphatic carbocycles. The summed E-state index contributed by atoms with van der Waals surface area (Å²) in [7, 11) is 0. The standard InChI is InChI=1S/C19H28N2O2S/c22-11-3-10-21(18-7-6-16-4-1-2-5-17(16)18)19(23)20-14-15-8-12-24-13-9-15/h1-2,4-5,15,18,22H,3,6-14H2,(H,20,23)/t18-/m1/s1. The Bertz CT molecular complexity index is 546. The lowest BCUT2D eigenvalue weighted by Gasteiger charge is -2.31. The number of aliphatic hydroxyl groups is 1. The largest absolute Gasteiger partial charge is 0.396 e. The van der Waals surface area contributed by atoms with Crippen molar-refractivity contribution in [3.8, 4) is 0 Å². The van der Waals surface area contributed by atoms with Gasteiger partial charge in [-0.1, -0.05) is 24.3 Å². The number of hydrogen-bond acceptors (Lipinski definition) is 3. The second-order valence-corrected chi connectivity index (χ2v) is 7.99. The molecule has 1 aromatic carbocycles. The Hall–Kier alpha value is -1.20. The zero-order chi connectivity index (χ0) is 16.8. The molecular weight excluding hydrogens is 320 g/mol. The molecule has 0 spiro atoms. The van der Waals surface area contributed by atoms with E-state index in [1.165, 1.54) is 35.5 Å². The lowest BCUT2D eigenvalue weighted by Crippen LogP contribution is -2.44. The fraction of sp³-hybridized carbons (Fsp3) is 0.632. The first-order chi connectivity index (χ1) is 11.8. The highest BCUT2D eigenvalue weighted by Gasteiger charge is 2.30. The van der Waals surface area contributed by atoms with E-state index in [0.717, 1.165) is 19.4 Å². The third-order valence-corrected chi connectivity index (χ3v) is 6.23. The molecule has 0 bridgehead atoms. The van der Waals surface area contributed by atoms with Gasteiger partial charge in [0.2, 0.25) is 0 Å². The number of aliphatic hydroxyl groups excluding tert-OH is 1. The van der Waals surface area contributed by atoms with Gasteiger partial charge in [-0.15, -0.1) is 0 Å². The molecule has 4 nitrogen and oxygen atoms in total. The number of thioether (sulfide) groups is 1. The molecule has 1 saturated heterocycles. The van der Waals surface area contributed by atoms with Gasteiger partial charge in [-0.25, -0.2) is 4.79 Å². The second kappa shape index (κ2) is 8.77. The highest BCUT2D eigenvalue weighted by Crippen LogP contribution is 2.35. The van der Waals surface area contributed by atoms with E-state index in [0.29, 0.717) is 18.9 Å². The minimum Gasteiger partial charge on any atom is -0.396 e. The van der Waals surface area contributed by atoms with Crippen LogP contribution in [0.1, 0.15) is 42.9 Å². The molecule has 0 unspecified atom stereocenters. The molecule has 2 aliphatic rings. The van der Waals surface area contributed by atoms with Crippen LogP contribution < -0.4 is 5.32 Å². The molecule has 0 radical (unpaired) electrons. The van der Waals surface area contributed by atoms with E-state index in [2.05, 4.69) is 29.6 Å². The molecule has 0 aromatic heterocycles. The summed E-state index contributed by atoms with van der Waals surface area (Å²) in [6.45, 7) is 1.52. The topological polar surface area (TPSA) is 52.6 Å². The van der Waals surface area contributed by atoms with Crippen molar-refractivity contribution in [3.05, 3.63) is 35.4 Å². The number of aryl methyl sites for hydroxylation is 1. The predicted octanol–water partition coefficient (Wildman–Crippen LogP) is 3.21. The highest BCUT2D eigenvalue weighted by atomic mass is 32.2. The molecule has 0 saturated carbocycles. The van der Waals surface area contributed by atoms with E-state index in [9.17, 15) is 9.90 Å². The van der Waals surface area contributed by atoms with E-state index in [1.807, 2.05) is 16.7 Å². The fourth-order valence-corrected chi connectivity index (χ4v) is 4.99. The molecule has 1 aliphatic heterocycles. The van der Waals surface area contributed by atoms with E-state index in [4.69, 9.17) is 0 Å². The molecule has 2 amide bonds. The van der Waals surface area contributed by atoms with Gasteiger partial charge in [-0.2, -0.15) is 11.8 Å². The quantitative estimate of drug-likeness (QED) is 0.830. The normalized spacial score (nSPS) is 20.6. The zero-order valence-corrected chi connectivity index (χ0v) is 15.1. The Morgan fingerprint density at radius 2 is 2.04 bits per heavy atom. The van der Waals surface area contributed by atoms with Crippen LogP contribution in [0.3, 0.4) is 0 Å². The van der Waals surface area contributed by atoms with Gasteiger partial charge in [-0.05, 0) is 60.7 Å². The average Bonchev–Trinajstić information content (AvgIpc) is 3.05. The molecule has 1 heterocycles. The molecule has 24 heavy (non-hydrogen) atoms. The van der Waals surface area contributed by atoms with Gasteiger partial charge < -0.3 is 15.3 Å². The second-order valence-electron chi connectivity index (χ2n) is 6.77. The summed E-state index contributed by atoms with van der Waals surface area (Å²) in [6.07, 6.45) is 5.05. The number of urea groups is 1. The lowest BCUT2D eigenvalue weighted by atomic mass is 10.0. The minimum absolute atomic E-state index is 0.0309. The van der Waals surface area contributed by atoms with E-state index < -0.39 is 0 Å². The summed E-state index contributed by atoms with van der Waals surface area (Å²) in [5.74, 6) is 3.04. The van der Waals surface area contributed by atoms with Crippen molar-refractivity contribution < 1.29 is 9.90 Å². The van der Waals surface area contributed by atoms with Crippen molar-refractivity contribution in [2.45, 2.75) is 38.1 Å². The molecule has 5 heteroatoms. The molecule has 3 rings (SSSR count). The summed E-state index contributed by atoms with van der Waals surface area (Å²) >= 11 is 2.01. The van der Waals surface area contributed by atoms with Crippen molar-refractivity contribution in [2.75, 3.05) is 31.2 Å². The van der Waals surface area contributed by atoms with E-state index >= 15 is 0 Å². The van der Waals surface area contributed by atoms with Crippen LogP contribution in [-0.2, 0) is 6.42 Å². The molecule has 1 atom stereocenters. The number of fused-ring (bicyclic) bond motifs is 1. The predicted molar refractivity (Wildman–Crippen MR) is 99.4 cm³/mol. The number of benzene rings is 1. The molecular formula is C19H28N2O2S. The lowest BCUT2D eigenvalue weighted by molar-refractivity contribution is 0.163. The van der Waals surface area contributed by atoms with Crippen LogP contribution in [0.5, 0.6) is 0 Å². The number of nitrogens with one attached hydrogen (secondary N) is 1. The number of rotatable bonds is 6. The average molecular weight is 349 g/mol. The number of hydrogen-bond donors (Lipinski definition) is 2. The smallest absolute Gasteiger partial charge is 0.317 e. The number of carbonyl (C=O) groups excluding carboxylic acids is 1. The van der Waals surface area contributed by atoms with Gasteiger partial charge in [-0.3, -0.25) is 0 Å². The van der Waals surface area contributed by atoms with Gasteiger partial charge >= 0.3 is 6.03 Å².